The number of rotatable bonds is 3. The highest BCUT2D eigenvalue weighted by Crippen LogP contribution is 2.29. The molecule has 130 valence electrons. The number of hydrogen-bond donors (Lipinski definition) is 2. The molecule has 25 heavy (non-hydrogen) atoms. The van der Waals surface area contributed by atoms with Gasteiger partial charge in [-0.15, -0.1) is 11.3 Å². The number of nitrogens with zero attached hydrogens (tertiary/aromatic N) is 3. The van der Waals surface area contributed by atoms with Gasteiger partial charge in [0.05, 0.1) is 17.4 Å². The van der Waals surface area contributed by atoms with E-state index in [0.717, 1.165) is 54.7 Å². The number of fused-ring (bicyclic) bond motifs is 4. The quantitative estimate of drug-likeness (QED) is 0.753. The summed E-state index contributed by atoms with van der Waals surface area (Å²) < 4.78 is 1.77. The predicted octanol–water partition coefficient (Wildman–Crippen LogP) is 1.95. The first-order valence-corrected chi connectivity index (χ1v) is 9.88. The van der Waals surface area contributed by atoms with Crippen LogP contribution >= 0.6 is 11.3 Å². The highest BCUT2D eigenvalue weighted by atomic mass is 32.1. The molecule has 1 aliphatic carbocycles. The molecule has 0 bridgehead atoms. The molecule has 0 amide bonds. The van der Waals surface area contributed by atoms with Crippen molar-refractivity contribution in [3.8, 4) is 0 Å². The molecule has 4 heterocycles. The van der Waals surface area contributed by atoms with E-state index in [1.54, 1.807) is 22.2 Å². The van der Waals surface area contributed by atoms with Gasteiger partial charge in [0.15, 0.2) is 0 Å². The lowest BCUT2D eigenvalue weighted by atomic mass is 9.95. The van der Waals surface area contributed by atoms with Gasteiger partial charge < -0.3 is 5.32 Å². The highest BCUT2D eigenvalue weighted by molar-refractivity contribution is 7.18. The molecular formula is C18H21N5OS. The van der Waals surface area contributed by atoms with E-state index in [1.807, 2.05) is 0 Å². The van der Waals surface area contributed by atoms with E-state index >= 15 is 0 Å². The minimum Gasteiger partial charge on any atom is -0.312 e. The Morgan fingerprint density at radius 3 is 3.08 bits per heavy atom. The second-order valence-electron chi connectivity index (χ2n) is 6.94. The molecule has 0 unspecified atom stereocenters. The first-order chi connectivity index (χ1) is 12.3. The number of thiophene rings is 1. The first-order valence-electron chi connectivity index (χ1n) is 9.06. The molecule has 0 radical (unpaired) electrons. The molecule has 2 aliphatic rings. The normalized spacial score (nSPS) is 16.8. The van der Waals surface area contributed by atoms with Crippen molar-refractivity contribution >= 4 is 21.6 Å². The monoisotopic (exact) mass is 355 g/mol. The van der Waals surface area contributed by atoms with Crippen LogP contribution in [0.2, 0.25) is 0 Å². The van der Waals surface area contributed by atoms with Crippen LogP contribution in [0, 0.1) is 0 Å². The zero-order valence-corrected chi connectivity index (χ0v) is 14.9. The largest absolute Gasteiger partial charge is 0.312 e. The van der Waals surface area contributed by atoms with Crippen molar-refractivity contribution in [2.75, 3.05) is 6.54 Å². The third-order valence-electron chi connectivity index (χ3n) is 5.43. The van der Waals surface area contributed by atoms with Gasteiger partial charge in [-0.1, -0.05) is 0 Å². The molecule has 0 saturated heterocycles. The van der Waals surface area contributed by atoms with E-state index < -0.39 is 0 Å². The second kappa shape index (κ2) is 6.07. The molecule has 6 nitrogen and oxygen atoms in total. The molecule has 3 aromatic heterocycles. The number of aromatic nitrogens is 4. The van der Waals surface area contributed by atoms with Crippen LogP contribution in [0.25, 0.3) is 10.2 Å². The number of aromatic amines is 1. The van der Waals surface area contributed by atoms with E-state index in [0.29, 0.717) is 6.54 Å². The molecule has 0 atom stereocenters. The Kier molecular flexibility index (Phi) is 3.71. The fourth-order valence-corrected chi connectivity index (χ4v) is 5.24. The van der Waals surface area contributed by atoms with Gasteiger partial charge in [-0.2, -0.15) is 5.10 Å². The van der Waals surface area contributed by atoms with Gasteiger partial charge >= 0.3 is 0 Å². The van der Waals surface area contributed by atoms with Gasteiger partial charge in [0.1, 0.15) is 4.83 Å². The second-order valence-corrected chi connectivity index (χ2v) is 8.02. The lowest BCUT2D eigenvalue weighted by molar-refractivity contribution is 0.638. The summed E-state index contributed by atoms with van der Waals surface area (Å²) >= 11 is 1.65. The summed E-state index contributed by atoms with van der Waals surface area (Å²) in [5.74, 6) is 0. The number of aryl methyl sites for hydroxylation is 3. The summed E-state index contributed by atoms with van der Waals surface area (Å²) in [6.45, 7) is 2.43. The van der Waals surface area contributed by atoms with E-state index in [1.165, 1.54) is 34.5 Å². The molecule has 7 heteroatoms. The molecule has 0 aromatic carbocycles. The standard InChI is InChI=1S/C18H21N5OS/c24-18-16-12-5-7-19-9-15(12)25-17(16)20-10-23(18)8-6-14-11-3-1-2-4-13(11)21-22-14/h10,19H,1-9H2,(H,21,22). The minimum atomic E-state index is 0.105. The predicted molar refractivity (Wildman–Crippen MR) is 98.2 cm³/mol. The Morgan fingerprint density at radius 1 is 1.20 bits per heavy atom. The van der Waals surface area contributed by atoms with E-state index in [2.05, 4.69) is 20.5 Å². The fourth-order valence-electron chi connectivity index (χ4n) is 4.09. The van der Waals surface area contributed by atoms with Crippen LogP contribution in [-0.4, -0.2) is 26.3 Å². The van der Waals surface area contributed by atoms with Gasteiger partial charge in [0.2, 0.25) is 0 Å². The van der Waals surface area contributed by atoms with Gasteiger partial charge in [-0.25, -0.2) is 4.98 Å². The summed E-state index contributed by atoms with van der Waals surface area (Å²) in [6.07, 6.45) is 8.10. The van der Waals surface area contributed by atoms with Crippen LogP contribution in [0.4, 0.5) is 0 Å². The molecule has 3 aromatic rings. The minimum absolute atomic E-state index is 0.105. The summed E-state index contributed by atoms with van der Waals surface area (Å²) in [6, 6.07) is 0. The van der Waals surface area contributed by atoms with Crippen molar-refractivity contribution < 1.29 is 0 Å². The van der Waals surface area contributed by atoms with Crippen molar-refractivity contribution in [3.05, 3.63) is 44.1 Å². The lowest BCUT2D eigenvalue weighted by Crippen LogP contribution is -2.25. The molecule has 2 N–H and O–H groups in total. The molecular weight excluding hydrogens is 334 g/mol. The fraction of sp³-hybridized carbons (Fsp3) is 0.500. The van der Waals surface area contributed by atoms with Gasteiger partial charge in [-0.3, -0.25) is 14.5 Å². The summed E-state index contributed by atoms with van der Waals surface area (Å²) in [5.41, 5.74) is 5.11. The third-order valence-corrected chi connectivity index (χ3v) is 6.57. The third kappa shape index (κ3) is 2.53. The smallest absolute Gasteiger partial charge is 0.262 e. The van der Waals surface area contributed by atoms with E-state index in [-0.39, 0.29) is 5.56 Å². The summed E-state index contributed by atoms with van der Waals surface area (Å²) in [4.78, 5) is 19.7. The van der Waals surface area contributed by atoms with Crippen molar-refractivity contribution in [2.24, 2.45) is 0 Å². The summed E-state index contributed by atoms with van der Waals surface area (Å²) in [7, 11) is 0. The van der Waals surface area contributed by atoms with E-state index in [9.17, 15) is 4.79 Å². The van der Waals surface area contributed by atoms with Gasteiger partial charge in [0, 0.05) is 30.1 Å². The Morgan fingerprint density at radius 2 is 2.12 bits per heavy atom. The molecule has 0 saturated carbocycles. The number of hydrogen-bond acceptors (Lipinski definition) is 5. The van der Waals surface area contributed by atoms with Gasteiger partial charge in [-0.05, 0) is 49.8 Å². The van der Waals surface area contributed by atoms with Crippen LogP contribution in [0.1, 0.15) is 40.2 Å². The van der Waals surface area contributed by atoms with Crippen LogP contribution in [0.15, 0.2) is 11.1 Å². The molecule has 1 aliphatic heterocycles. The van der Waals surface area contributed by atoms with Crippen molar-refractivity contribution in [3.63, 3.8) is 0 Å². The lowest BCUT2D eigenvalue weighted by Gasteiger charge is -2.12. The van der Waals surface area contributed by atoms with Crippen molar-refractivity contribution in [1.29, 1.82) is 0 Å². The summed E-state index contributed by atoms with van der Waals surface area (Å²) in [5, 5.41) is 11.9. The Hall–Kier alpha value is -1.99. The Balaban J connectivity index is 1.46. The van der Waals surface area contributed by atoms with Crippen LogP contribution in [0.3, 0.4) is 0 Å². The Bertz CT molecular complexity index is 999. The topological polar surface area (TPSA) is 75.6 Å². The molecule has 0 spiro atoms. The zero-order chi connectivity index (χ0) is 16.8. The first kappa shape index (κ1) is 15.3. The number of H-pyrrole nitrogens is 1. The Labute approximate surface area is 149 Å². The van der Waals surface area contributed by atoms with Crippen LogP contribution in [-0.2, 0) is 38.8 Å². The maximum Gasteiger partial charge on any atom is 0.262 e. The molecule has 5 rings (SSSR count). The van der Waals surface area contributed by atoms with Gasteiger partial charge in [0.25, 0.3) is 5.56 Å². The van der Waals surface area contributed by atoms with Crippen LogP contribution < -0.4 is 10.9 Å². The maximum absolute atomic E-state index is 13.0. The zero-order valence-electron chi connectivity index (χ0n) is 14.1. The SMILES string of the molecule is O=c1c2c3c(sc2ncn1CCc1n[nH]c2c1CCCC2)CNCC3. The average molecular weight is 355 g/mol. The molecule has 0 fully saturated rings. The van der Waals surface area contributed by atoms with Crippen LogP contribution in [0.5, 0.6) is 0 Å². The van der Waals surface area contributed by atoms with Crippen molar-refractivity contribution in [2.45, 2.75) is 51.6 Å². The van der Waals surface area contributed by atoms with E-state index in [4.69, 9.17) is 0 Å². The maximum atomic E-state index is 13.0. The average Bonchev–Trinajstić information content (AvgIpc) is 3.22. The van der Waals surface area contributed by atoms with Crippen molar-refractivity contribution in [1.82, 2.24) is 25.1 Å². The highest BCUT2D eigenvalue weighted by Gasteiger charge is 2.20. The number of nitrogens with one attached hydrogen (secondary N) is 2.